The smallest absolute Gasteiger partial charge is 0.336 e. The van der Waals surface area contributed by atoms with E-state index in [0.717, 1.165) is 47.4 Å². The molecule has 0 saturated carbocycles. The molecule has 1 heterocycles. The first-order chi connectivity index (χ1) is 14.5. The number of rotatable bonds is 6. The van der Waals surface area contributed by atoms with Crippen molar-refractivity contribution in [3.63, 3.8) is 0 Å². The summed E-state index contributed by atoms with van der Waals surface area (Å²) in [5, 5.41) is 20.1. The van der Waals surface area contributed by atoms with Crippen molar-refractivity contribution in [1.82, 2.24) is 9.55 Å². The average Bonchev–Trinajstić information content (AvgIpc) is 3.12. The highest BCUT2D eigenvalue weighted by Crippen LogP contribution is 2.33. The number of aromatic carboxylic acids is 1. The normalized spacial score (nSPS) is 11.1. The van der Waals surface area contributed by atoms with Crippen LogP contribution in [0.1, 0.15) is 41.5 Å². The number of nitrogens with zero attached hydrogens (tertiary/aromatic N) is 2. The van der Waals surface area contributed by atoms with Gasteiger partial charge >= 0.3 is 5.97 Å². The Morgan fingerprint density at radius 1 is 1.03 bits per heavy atom. The summed E-state index contributed by atoms with van der Waals surface area (Å²) < 4.78 is 2.01. The molecule has 4 aromatic rings. The number of carbonyl (C=O) groups is 1. The van der Waals surface area contributed by atoms with Gasteiger partial charge in [-0.3, -0.25) is 4.57 Å². The van der Waals surface area contributed by atoms with Crippen molar-refractivity contribution in [3.8, 4) is 22.6 Å². The Morgan fingerprint density at radius 2 is 1.83 bits per heavy atom. The van der Waals surface area contributed by atoms with Crippen LogP contribution < -0.4 is 0 Å². The van der Waals surface area contributed by atoms with Crippen LogP contribution in [0.3, 0.4) is 0 Å². The molecule has 0 atom stereocenters. The van der Waals surface area contributed by atoms with E-state index in [4.69, 9.17) is 4.98 Å². The highest BCUT2D eigenvalue weighted by molar-refractivity contribution is 5.96. The van der Waals surface area contributed by atoms with Crippen LogP contribution in [-0.4, -0.2) is 25.7 Å². The van der Waals surface area contributed by atoms with E-state index in [0.29, 0.717) is 11.1 Å². The number of para-hydroxylation sites is 1. The summed E-state index contributed by atoms with van der Waals surface area (Å²) in [5.74, 6) is 0.161. The number of phenolic OH excluding ortho intramolecular Hbond substituents is 1. The van der Waals surface area contributed by atoms with E-state index < -0.39 is 5.97 Å². The Morgan fingerprint density at radius 3 is 2.57 bits per heavy atom. The third kappa shape index (κ3) is 3.43. The molecule has 0 amide bonds. The summed E-state index contributed by atoms with van der Waals surface area (Å²) in [5.41, 5.74) is 5.17. The number of imidazole rings is 1. The van der Waals surface area contributed by atoms with Crippen LogP contribution in [0.15, 0.2) is 60.7 Å². The maximum absolute atomic E-state index is 11.6. The second-order valence-electron chi connectivity index (χ2n) is 7.46. The highest BCUT2D eigenvalue weighted by Gasteiger charge is 2.17. The lowest BCUT2D eigenvalue weighted by molar-refractivity contribution is 0.0697. The fourth-order valence-corrected chi connectivity index (χ4v) is 3.93. The molecule has 5 heteroatoms. The van der Waals surface area contributed by atoms with Crippen LogP contribution in [-0.2, 0) is 6.42 Å². The van der Waals surface area contributed by atoms with Gasteiger partial charge in [0, 0.05) is 12.1 Å². The molecule has 30 heavy (non-hydrogen) atoms. The van der Waals surface area contributed by atoms with Crippen LogP contribution in [0, 0.1) is 6.92 Å². The molecule has 5 nitrogen and oxygen atoms in total. The van der Waals surface area contributed by atoms with E-state index in [1.807, 2.05) is 47.9 Å². The second kappa shape index (κ2) is 8.03. The summed E-state index contributed by atoms with van der Waals surface area (Å²) in [6.45, 7) is 4.12. The molecule has 0 saturated heterocycles. The molecule has 0 spiro atoms. The van der Waals surface area contributed by atoms with E-state index in [9.17, 15) is 15.0 Å². The molecule has 0 unspecified atom stereocenters. The SMILES string of the molecule is CCCCc1nc2cccc(O)c2n1-c1ccc(-c2ccccc2C(=O)O)c(C)c1. The zero-order valence-corrected chi connectivity index (χ0v) is 17.1. The minimum Gasteiger partial charge on any atom is -0.506 e. The number of aryl methyl sites for hydroxylation is 2. The van der Waals surface area contributed by atoms with Crippen molar-refractivity contribution in [2.75, 3.05) is 0 Å². The summed E-state index contributed by atoms with van der Waals surface area (Å²) >= 11 is 0. The van der Waals surface area contributed by atoms with E-state index in [1.165, 1.54) is 0 Å². The summed E-state index contributed by atoms with van der Waals surface area (Å²) in [6, 6.07) is 18.3. The minimum absolute atomic E-state index is 0.195. The van der Waals surface area contributed by atoms with Gasteiger partial charge in [0.25, 0.3) is 0 Å². The Hall–Kier alpha value is -3.60. The third-order valence-electron chi connectivity index (χ3n) is 5.39. The number of unbranched alkanes of at least 4 members (excludes halogenated alkanes) is 1. The van der Waals surface area contributed by atoms with Gasteiger partial charge in [0.2, 0.25) is 0 Å². The maximum Gasteiger partial charge on any atom is 0.336 e. The predicted octanol–water partition coefficient (Wildman–Crippen LogP) is 5.75. The molecule has 3 aromatic carbocycles. The molecule has 152 valence electrons. The summed E-state index contributed by atoms with van der Waals surface area (Å²) in [7, 11) is 0. The van der Waals surface area contributed by atoms with Gasteiger partial charge in [0.15, 0.2) is 0 Å². The quantitative estimate of drug-likeness (QED) is 0.432. The third-order valence-corrected chi connectivity index (χ3v) is 5.39. The zero-order chi connectivity index (χ0) is 21.3. The van der Waals surface area contributed by atoms with Crippen LogP contribution in [0.4, 0.5) is 0 Å². The monoisotopic (exact) mass is 400 g/mol. The van der Waals surface area contributed by atoms with Crippen molar-refractivity contribution in [2.45, 2.75) is 33.1 Å². The number of aromatic nitrogens is 2. The number of benzene rings is 3. The molecule has 0 bridgehead atoms. The fraction of sp³-hybridized carbons (Fsp3) is 0.200. The van der Waals surface area contributed by atoms with E-state index >= 15 is 0 Å². The Labute approximate surface area is 175 Å². The van der Waals surface area contributed by atoms with Gasteiger partial charge in [-0.15, -0.1) is 0 Å². The van der Waals surface area contributed by atoms with Crippen molar-refractivity contribution >= 4 is 17.0 Å². The van der Waals surface area contributed by atoms with E-state index in [-0.39, 0.29) is 11.3 Å². The molecule has 0 aliphatic heterocycles. The maximum atomic E-state index is 11.6. The number of hydrogen-bond acceptors (Lipinski definition) is 3. The fourth-order valence-electron chi connectivity index (χ4n) is 3.93. The van der Waals surface area contributed by atoms with Crippen LogP contribution in [0.2, 0.25) is 0 Å². The first kappa shape index (κ1) is 19.7. The predicted molar refractivity (Wildman–Crippen MR) is 118 cm³/mol. The number of phenols is 1. The Bertz CT molecular complexity index is 1240. The van der Waals surface area contributed by atoms with Crippen molar-refractivity contribution in [1.29, 1.82) is 0 Å². The average molecular weight is 400 g/mol. The number of hydrogen-bond donors (Lipinski definition) is 2. The van der Waals surface area contributed by atoms with Crippen LogP contribution >= 0.6 is 0 Å². The van der Waals surface area contributed by atoms with E-state index in [2.05, 4.69) is 6.92 Å². The topological polar surface area (TPSA) is 75.4 Å². The highest BCUT2D eigenvalue weighted by atomic mass is 16.4. The van der Waals surface area contributed by atoms with Crippen LogP contribution in [0.25, 0.3) is 27.8 Å². The summed E-state index contributed by atoms with van der Waals surface area (Å²) in [4.78, 5) is 16.4. The molecule has 0 aliphatic rings. The molecule has 0 fully saturated rings. The molecule has 2 N–H and O–H groups in total. The van der Waals surface area contributed by atoms with Gasteiger partial charge < -0.3 is 10.2 Å². The number of aromatic hydroxyl groups is 1. The molecule has 0 radical (unpaired) electrons. The lowest BCUT2D eigenvalue weighted by Gasteiger charge is -2.14. The standard InChI is InChI=1S/C25H24N2O3/c1-3-4-12-23-26-21-10-7-11-22(28)24(21)27(23)17-13-14-18(16(2)15-17)19-8-5-6-9-20(19)25(29)30/h5-11,13-15,28H,3-4,12H2,1-2H3,(H,29,30). The van der Waals surface area contributed by atoms with Crippen LogP contribution in [0.5, 0.6) is 5.75 Å². The first-order valence-electron chi connectivity index (χ1n) is 10.1. The van der Waals surface area contributed by atoms with Gasteiger partial charge in [-0.2, -0.15) is 0 Å². The minimum atomic E-state index is -0.943. The lowest BCUT2D eigenvalue weighted by atomic mass is 9.95. The number of fused-ring (bicyclic) bond motifs is 1. The zero-order valence-electron chi connectivity index (χ0n) is 17.1. The van der Waals surface area contributed by atoms with Crippen molar-refractivity contribution < 1.29 is 15.0 Å². The van der Waals surface area contributed by atoms with Crippen molar-refractivity contribution in [2.24, 2.45) is 0 Å². The van der Waals surface area contributed by atoms with Gasteiger partial charge in [-0.1, -0.05) is 43.7 Å². The van der Waals surface area contributed by atoms with Gasteiger partial charge in [-0.25, -0.2) is 9.78 Å². The van der Waals surface area contributed by atoms with Crippen molar-refractivity contribution in [3.05, 3.63) is 77.6 Å². The molecule has 4 rings (SSSR count). The lowest BCUT2D eigenvalue weighted by Crippen LogP contribution is -2.03. The second-order valence-corrected chi connectivity index (χ2v) is 7.46. The Kier molecular flexibility index (Phi) is 5.27. The molecular weight excluding hydrogens is 376 g/mol. The van der Waals surface area contributed by atoms with Gasteiger partial charge in [-0.05, 0) is 60.4 Å². The molecular formula is C25H24N2O3. The largest absolute Gasteiger partial charge is 0.506 e. The van der Waals surface area contributed by atoms with Gasteiger partial charge in [0.05, 0.1) is 11.1 Å². The first-order valence-corrected chi connectivity index (χ1v) is 10.1. The van der Waals surface area contributed by atoms with E-state index in [1.54, 1.807) is 24.3 Å². The number of carboxylic acids is 1. The molecule has 1 aromatic heterocycles. The van der Waals surface area contributed by atoms with Gasteiger partial charge in [0.1, 0.15) is 17.1 Å². The Balaban J connectivity index is 1.88. The molecule has 0 aliphatic carbocycles. The summed E-state index contributed by atoms with van der Waals surface area (Å²) in [6.07, 6.45) is 2.87. The number of carboxylic acid groups (broad SMARTS) is 1.